The summed E-state index contributed by atoms with van der Waals surface area (Å²) < 4.78 is 6.87. The molecular formula is C18H16N2O4S. The van der Waals surface area contributed by atoms with Gasteiger partial charge in [-0.2, -0.15) is 0 Å². The maximum absolute atomic E-state index is 12.3. The predicted molar refractivity (Wildman–Crippen MR) is 95.7 cm³/mol. The summed E-state index contributed by atoms with van der Waals surface area (Å²) in [5, 5.41) is 12.6. The van der Waals surface area contributed by atoms with E-state index in [1.165, 1.54) is 30.4 Å². The first kappa shape index (κ1) is 16.9. The van der Waals surface area contributed by atoms with Gasteiger partial charge in [-0.05, 0) is 44.6 Å². The fourth-order valence-corrected chi connectivity index (χ4v) is 3.40. The Morgan fingerprint density at radius 2 is 2.08 bits per heavy atom. The molecule has 0 aliphatic carbocycles. The predicted octanol–water partition coefficient (Wildman–Crippen LogP) is 3.41. The molecule has 3 aromatic heterocycles. The number of aromatic hydroxyl groups is 1. The van der Waals surface area contributed by atoms with Crippen molar-refractivity contribution in [1.82, 2.24) is 9.55 Å². The number of aromatic nitrogens is 2. The van der Waals surface area contributed by atoms with Gasteiger partial charge in [0.15, 0.2) is 10.9 Å². The number of carbonyl (C=O) groups is 1. The summed E-state index contributed by atoms with van der Waals surface area (Å²) in [6.45, 7) is 5.41. The Labute approximate surface area is 147 Å². The SMILES string of the molecule is Cc1cc(O)c(C(=O)/C=C/c2cc(C)n(-c3nccs3)c2C)c(=O)o1. The van der Waals surface area contributed by atoms with Gasteiger partial charge in [0.05, 0.1) is 0 Å². The Morgan fingerprint density at radius 3 is 2.72 bits per heavy atom. The quantitative estimate of drug-likeness (QED) is 0.572. The molecule has 0 saturated heterocycles. The van der Waals surface area contributed by atoms with Gasteiger partial charge in [-0.1, -0.05) is 0 Å². The maximum Gasteiger partial charge on any atom is 0.351 e. The molecule has 0 aromatic carbocycles. The number of rotatable bonds is 4. The number of nitrogens with zero attached hydrogens (tertiary/aromatic N) is 2. The van der Waals surface area contributed by atoms with E-state index >= 15 is 0 Å². The summed E-state index contributed by atoms with van der Waals surface area (Å²) in [6.07, 6.45) is 4.61. The third-order valence-electron chi connectivity index (χ3n) is 3.80. The van der Waals surface area contributed by atoms with E-state index < -0.39 is 11.4 Å². The van der Waals surface area contributed by atoms with Gasteiger partial charge in [0.2, 0.25) is 0 Å². The number of thiazole rings is 1. The Bertz CT molecular complexity index is 1030. The van der Waals surface area contributed by atoms with Gasteiger partial charge in [0.25, 0.3) is 0 Å². The summed E-state index contributed by atoms with van der Waals surface area (Å²) in [5.74, 6) is -0.739. The molecule has 0 atom stereocenters. The molecule has 3 rings (SSSR count). The van der Waals surface area contributed by atoms with E-state index in [1.54, 1.807) is 12.3 Å². The second-order valence-electron chi connectivity index (χ2n) is 5.58. The zero-order chi connectivity index (χ0) is 18.1. The van der Waals surface area contributed by atoms with Crippen molar-refractivity contribution in [1.29, 1.82) is 0 Å². The molecule has 0 aliphatic heterocycles. The van der Waals surface area contributed by atoms with Crippen LogP contribution in [0.5, 0.6) is 5.75 Å². The van der Waals surface area contributed by atoms with Crippen LogP contribution in [-0.4, -0.2) is 20.4 Å². The van der Waals surface area contributed by atoms with Crippen molar-refractivity contribution in [2.45, 2.75) is 20.8 Å². The minimum Gasteiger partial charge on any atom is -0.507 e. The largest absolute Gasteiger partial charge is 0.507 e. The smallest absolute Gasteiger partial charge is 0.351 e. The number of hydrogen-bond acceptors (Lipinski definition) is 6. The summed E-state index contributed by atoms with van der Waals surface area (Å²) in [6, 6.07) is 3.18. The van der Waals surface area contributed by atoms with Crippen LogP contribution in [0.3, 0.4) is 0 Å². The highest BCUT2D eigenvalue weighted by Gasteiger charge is 2.16. The fraction of sp³-hybridized carbons (Fsp3) is 0.167. The third-order valence-corrected chi connectivity index (χ3v) is 4.55. The fourth-order valence-electron chi connectivity index (χ4n) is 2.65. The lowest BCUT2D eigenvalue weighted by atomic mass is 10.1. The highest BCUT2D eigenvalue weighted by molar-refractivity contribution is 7.12. The van der Waals surface area contributed by atoms with E-state index in [0.717, 1.165) is 22.1 Å². The van der Waals surface area contributed by atoms with Crippen LogP contribution in [0, 0.1) is 20.8 Å². The molecule has 0 spiro atoms. The van der Waals surface area contributed by atoms with Crippen LogP contribution in [0.2, 0.25) is 0 Å². The molecule has 0 bridgehead atoms. The van der Waals surface area contributed by atoms with Gasteiger partial charge >= 0.3 is 5.63 Å². The van der Waals surface area contributed by atoms with Crippen LogP contribution in [0.15, 0.2) is 39.0 Å². The van der Waals surface area contributed by atoms with Gasteiger partial charge < -0.3 is 9.52 Å². The molecule has 7 heteroatoms. The molecule has 0 amide bonds. The highest BCUT2D eigenvalue weighted by Crippen LogP contribution is 2.23. The van der Waals surface area contributed by atoms with E-state index in [0.29, 0.717) is 0 Å². The van der Waals surface area contributed by atoms with Gasteiger partial charge in [0.1, 0.15) is 17.1 Å². The first-order valence-corrected chi connectivity index (χ1v) is 8.41. The number of hydrogen-bond donors (Lipinski definition) is 1. The number of ketones is 1. The normalized spacial score (nSPS) is 11.3. The van der Waals surface area contributed by atoms with Crippen LogP contribution in [0.1, 0.15) is 33.1 Å². The topological polar surface area (TPSA) is 85.3 Å². The first-order chi connectivity index (χ1) is 11.9. The number of aryl methyl sites for hydroxylation is 2. The lowest BCUT2D eigenvalue weighted by molar-refractivity contribution is 0.104. The van der Waals surface area contributed by atoms with Gasteiger partial charge in [-0.25, -0.2) is 9.78 Å². The molecule has 1 N–H and O–H groups in total. The minimum atomic E-state index is -0.847. The zero-order valence-corrected chi connectivity index (χ0v) is 14.8. The van der Waals surface area contributed by atoms with Gasteiger partial charge in [-0.3, -0.25) is 9.36 Å². The van der Waals surface area contributed by atoms with E-state index in [-0.39, 0.29) is 17.1 Å². The van der Waals surface area contributed by atoms with E-state index in [4.69, 9.17) is 4.42 Å². The average molecular weight is 356 g/mol. The van der Waals surface area contributed by atoms with Crippen molar-refractivity contribution in [2.24, 2.45) is 0 Å². The Morgan fingerprint density at radius 1 is 1.32 bits per heavy atom. The van der Waals surface area contributed by atoms with Crippen molar-refractivity contribution in [3.8, 4) is 10.9 Å². The zero-order valence-electron chi connectivity index (χ0n) is 13.9. The molecule has 3 heterocycles. The first-order valence-electron chi connectivity index (χ1n) is 7.53. The molecule has 3 aromatic rings. The van der Waals surface area contributed by atoms with Crippen LogP contribution in [0.25, 0.3) is 11.2 Å². The summed E-state index contributed by atoms with van der Waals surface area (Å²) in [5.41, 5.74) is 1.53. The molecule has 6 nitrogen and oxygen atoms in total. The van der Waals surface area contributed by atoms with Gasteiger partial charge in [0, 0.05) is 29.0 Å². The third kappa shape index (κ3) is 3.18. The van der Waals surface area contributed by atoms with Crippen LogP contribution in [-0.2, 0) is 0 Å². The second-order valence-corrected chi connectivity index (χ2v) is 6.45. The molecule has 0 radical (unpaired) electrons. The molecule has 0 saturated carbocycles. The molecule has 0 aliphatic rings. The van der Waals surface area contributed by atoms with Crippen LogP contribution < -0.4 is 5.63 Å². The summed E-state index contributed by atoms with van der Waals surface area (Å²) >= 11 is 1.52. The van der Waals surface area contributed by atoms with E-state index in [2.05, 4.69) is 4.98 Å². The minimum absolute atomic E-state index is 0.245. The summed E-state index contributed by atoms with van der Waals surface area (Å²) in [4.78, 5) is 28.4. The van der Waals surface area contributed by atoms with Crippen LogP contribution >= 0.6 is 11.3 Å². The molecule has 128 valence electrons. The summed E-state index contributed by atoms with van der Waals surface area (Å²) in [7, 11) is 0. The molecular weight excluding hydrogens is 340 g/mol. The van der Waals surface area contributed by atoms with Gasteiger partial charge in [-0.15, -0.1) is 11.3 Å². The van der Waals surface area contributed by atoms with Crippen molar-refractivity contribution >= 4 is 23.2 Å². The standard InChI is InChI=1S/C18H16N2O4S/c1-10-8-13(12(3)20(10)18-19-6-7-25-18)4-5-14(21)16-15(22)9-11(2)24-17(16)23/h4-9,22H,1-3H3/b5-4+. The maximum atomic E-state index is 12.3. The lowest BCUT2D eigenvalue weighted by Crippen LogP contribution is -2.12. The Kier molecular flexibility index (Phi) is 4.41. The Hall–Kier alpha value is -2.93. The second kappa shape index (κ2) is 6.52. The number of carbonyl (C=O) groups excluding carboxylic acids is 1. The highest BCUT2D eigenvalue weighted by atomic mass is 32.1. The molecule has 0 unspecified atom stereocenters. The monoisotopic (exact) mass is 356 g/mol. The molecule has 0 fully saturated rings. The van der Waals surface area contributed by atoms with E-state index in [9.17, 15) is 14.7 Å². The van der Waals surface area contributed by atoms with Crippen molar-refractivity contribution < 1.29 is 14.3 Å². The van der Waals surface area contributed by atoms with Crippen molar-refractivity contribution in [3.63, 3.8) is 0 Å². The van der Waals surface area contributed by atoms with E-state index in [1.807, 2.05) is 29.9 Å². The number of allylic oxidation sites excluding steroid dienone is 1. The average Bonchev–Trinajstić information content (AvgIpc) is 3.12. The Balaban J connectivity index is 1.95. The lowest BCUT2D eigenvalue weighted by Gasteiger charge is -2.04. The van der Waals surface area contributed by atoms with Crippen molar-refractivity contribution in [3.05, 3.63) is 68.5 Å². The molecule has 25 heavy (non-hydrogen) atoms. The van der Waals surface area contributed by atoms with Crippen LogP contribution in [0.4, 0.5) is 0 Å². The van der Waals surface area contributed by atoms with Crippen molar-refractivity contribution in [2.75, 3.05) is 0 Å².